The molecule has 1 amide bonds. The molecule has 2 N–H and O–H groups in total. The molecule has 0 aromatic carbocycles. The topological polar surface area (TPSA) is 49.3 Å². The fraction of sp³-hybridized carbons (Fsp3) is 0.588. The summed E-state index contributed by atoms with van der Waals surface area (Å²) in [5, 5.41) is 13.7. The van der Waals surface area contributed by atoms with Gasteiger partial charge in [-0.2, -0.15) is 0 Å². The van der Waals surface area contributed by atoms with Crippen molar-refractivity contribution in [1.29, 1.82) is 0 Å². The van der Waals surface area contributed by atoms with E-state index in [-0.39, 0.29) is 18.6 Å². The van der Waals surface area contributed by atoms with Crippen LogP contribution in [0.5, 0.6) is 0 Å². The first-order valence-corrected chi connectivity index (χ1v) is 8.40. The highest BCUT2D eigenvalue weighted by Gasteiger charge is 2.14. The zero-order valence-electron chi connectivity index (χ0n) is 13.1. The van der Waals surface area contributed by atoms with Gasteiger partial charge in [0.1, 0.15) is 4.88 Å². The molecule has 1 aromatic rings. The molecule has 0 saturated heterocycles. The third kappa shape index (κ3) is 6.79. The van der Waals surface area contributed by atoms with Crippen LogP contribution in [-0.2, 0) is 0 Å². The number of amides is 1. The maximum atomic E-state index is 12.2. The lowest BCUT2D eigenvalue weighted by Crippen LogP contribution is -2.32. The van der Waals surface area contributed by atoms with Crippen LogP contribution in [0.25, 0.3) is 0 Å². The second-order valence-corrected chi connectivity index (χ2v) is 6.55. The molecule has 0 aliphatic rings. The van der Waals surface area contributed by atoms with Crippen LogP contribution in [0.3, 0.4) is 0 Å². The molecular weight excluding hydrogens is 282 g/mol. The van der Waals surface area contributed by atoms with Crippen LogP contribution in [0.4, 0.5) is 0 Å². The van der Waals surface area contributed by atoms with Gasteiger partial charge in [-0.25, -0.2) is 0 Å². The highest BCUT2D eigenvalue weighted by molar-refractivity contribution is 7.12. The van der Waals surface area contributed by atoms with Crippen molar-refractivity contribution in [3.8, 4) is 11.8 Å². The van der Waals surface area contributed by atoms with Crippen LogP contribution in [0.2, 0.25) is 0 Å². The van der Waals surface area contributed by atoms with Crippen LogP contribution in [0.1, 0.15) is 61.7 Å². The van der Waals surface area contributed by atoms with Crippen molar-refractivity contribution in [2.24, 2.45) is 5.92 Å². The number of aliphatic hydroxyl groups excluding tert-OH is 1. The van der Waals surface area contributed by atoms with Gasteiger partial charge < -0.3 is 10.4 Å². The van der Waals surface area contributed by atoms with Crippen molar-refractivity contribution in [3.63, 3.8) is 0 Å². The molecule has 0 fully saturated rings. The van der Waals surface area contributed by atoms with Gasteiger partial charge in [-0.3, -0.25) is 4.79 Å². The van der Waals surface area contributed by atoms with Gasteiger partial charge in [-0.15, -0.1) is 11.3 Å². The lowest BCUT2D eigenvalue weighted by molar-refractivity contribution is 0.0941. The molecule has 0 radical (unpaired) electrons. The van der Waals surface area contributed by atoms with E-state index in [1.807, 2.05) is 18.4 Å². The molecule has 0 aliphatic carbocycles. The second kappa shape index (κ2) is 9.59. The van der Waals surface area contributed by atoms with Crippen molar-refractivity contribution in [2.75, 3.05) is 6.61 Å². The third-order valence-corrected chi connectivity index (χ3v) is 4.04. The smallest absolute Gasteiger partial charge is 0.262 e. The summed E-state index contributed by atoms with van der Waals surface area (Å²) in [6.07, 6.45) is 3.76. The molecule has 3 nitrogen and oxygen atoms in total. The first-order valence-electron chi connectivity index (χ1n) is 7.52. The Kier molecular flexibility index (Phi) is 8.11. The Hall–Kier alpha value is -1.31. The monoisotopic (exact) mass is 307 g/mol. The third-order valence-electron chi connectivity index (χ3n) is 3.13. The second-order valence-electron chi connectivity index (χ2n) is 5.64. The Labute approximate surface area is 131 Å². The summed E-state index contributed by atoms with van der Waals surface area (Å²) >= 11 is 1.41. The summed E-state index contributed by atoms with van der Waals surface area (Å²) in [6.45, 7) is 6.52. The van der Waals surface area contributed by atoms with E-state index in [1.165, 1.54) is 17.8 Å². The van der Waals surface area contributed by atoms with Crippen LogP contribution in [0, 0.1) is 17.8 Å². The molecule has 21 heavy (non-hydrogen) atoms. The summed E-state index contributed by atoms with van der Waals surface area (Å²) < 4.78 is 0. The average Bonchev–Trinajstić information content (AvgIpc) is 2.87. The Morgan fingerprint density at radius 2 is 2.14 bits per heavy atom. The Balaban J connectivity index is 2.52. The van der Waals surface area contributed by atoms with E-state index in [2.05, 4.69) is 31.0 Å². The van der Waals surface area contributed by atoms with Crippen LogP contribution < -0.4 is 5.32 Å². The van der Waals surface area contributed by atoms with Gasteiger partial charge in [0.2, 0.25) is 0 Å². The fourth-order valence-electron chi connectivity index (χ4n) is 1.99. The number of rotatable bonds is 7. The predicted octanol–water partition coefficient (Wildman–Crippen LogP) is 3.43. The summed E-state index contributed by atoms with van der Waals surface area (Å²) in [7, 11) is 0. The van der Waals surface area contributed by atoms with Crippen LogP contribution in [0.15, 0.2) is 11.4 Å². The van der Waals surface area contributed by atoms with E-state index in [0.29, 0.717) is 17.2 Å². The summed E-state index contributed by atoms with van der Waals surface area (Å²) in [5.74, 6) is 6.47. The molecule has 0 saturated carbocycles. The summed E-state index contributed by atoms with van der Waals surface area (Å²) in [4.78, 5) is 12.9. The van der Waals surface area contributed by atoms with E-state index < -0.39 is 0 Å². The Bertz CT molecular complexity index is 496. The first kappa shape index (κ1) is 17.7. The number of aliphatic hydroxyl groups is 1. The van der Waals surface area contributed by atoms with Crippen molar-refractivity contribution >= 4 is 17.2 Å². The normalized spacial score (nSPS) is 11.9. The highest BCUT2D eigenvalue weighted by atomic mass is 32.1. The maximum Gasteiger partial charge on any atom is 0.262 e. The van der Waals surface area contributed by atoms with E-state index in [1.54, 1.807) is 0 Å². The van der Waals surface area contributed by atoms with Crippen LogP contribution >= 0.6 is 11.3 Å². The minimum Gasteiger partial charge on any atom is -0.395 e. The maximum absolute atomic E-state index is 12.2. The highest BCUT2D eigenvalue weighted by Crippen LogP contribution is 2.16. The number of thiophene rings is 1. The summed E-state index contributed by atoms with van der Waals surface area (Å²) in [6, 6.07) is 2.03. The number of carbonyl (C=O) groups is 1. The van der Waals surface area contributed by atoms with Crippen LogP contribution in [-0.4, -0.2) is 23.7 Å². The standard InChI is InChI=1S/C17H25NO2S/c1-13(2)7-6-8-14(3)18-17(20)16-15(10-12-21-16)9-4-5-11-19/h10,12-14,19H,5-8,11H2,1-3H3,(H,18,20). The number of hydrogen-bond donors (Lipinski definition) is 2. The lowest BCUT2D eigenvalue weighted by Gasteiger charge is -2.14. The van der Waals surface area contributed by atoms with Gasteiger partial charge in [0, 0.05) is 18.0 Å². The van der Waals surface area contributed by atoms with E-state index in [4.69, 9.17) is 5.11 Å². The van der Waals surface area contributed by atoms with E-state index in [0.717, 1.165) is 18.4 Å². The van der Waals surface area contributed by atoms with E-state index in [9.17, 15) is 4.79 Å². The molecule has 0 bridgehead atoms. The molecule has 4 heteroatoms. The van der Waals surface area contributed by atoms with Gasteiger partial charge in [0.15, 0.2) is 0 Å². The number of carbonyl (C=O) groups excluding carboxylic acids is 1. The molecule has 1 atom stereocenters. The van der Waals surface area contributed by atoms with Gasteiger partial charge in [-0.1, -0.05) is 38.5 Å². The zero-order valence-corrected chi connectivity index (χ0v) is 13.9. The largest absolute Gasteiger partial charge is 0.395 e. The predicted molar refractivity (Wildman–Crippen MR) is 88.5 cm³/mol. The molecule has 116 valence electrons. The summed E-state index contributed by atoms with van der Waals surface area (Å²) in [5.41, 5.74) is 0.750. The van der Waals surface area contributed by atoms with Gasteiger partial charge in [-0.05, 0) is 30.7 Å². The molecule has 0 spiro atoms. The minimum absolute atomic E-state index is 0.0460. The Morgan fingerprint density at radius 3 is 2.81 bits per heavy atom. The van der Waals surface area contributed by atoms with Crippen molar-refractivity contribution in [1.82, 2.24) is 5.32 Å². The SMILES string of the molecule is CC(C)CCCC(C)NC(=O)c1sccc1C#CCCO. The number of nitrogens with one attached hydrogen (secondary N) is 1. The molecule has 1 aromatic heterocycles. The van der Waals surface area contributed by atoms with Crippen molar-refractivity contribution < 1.29 is 9.90 Å². The van der Waals surface area contributed by atoms with Crippen molar-refractivity contribution in [3.05, 3.63) is 21.9 Å². The van der Waals surface area contributed by atoms with Gasteiger partial charge in [0.25, 0.3) is 5.91 Å². The molecule has 1 rings (SSSR count). The number of hydrogen-bond acceptors (Lipinski definition) is 3. The lowest BCUT2D eigenvalue weighted by atomic mass is 10.0. The fourth-order valence-corrected chi connectivity index (χ4v) is 2.74. The zero-order chi connectivity index (χ0) is 15.7. The van der Waals surface area contributed by atoms with Crippen molar-refractivity contribution in [2.45, 2.75) is 52.5 Å². The van der Waals surface area contributed by atoms with Gasteiger partial charge >= 0.3 is 0 Å². The molecule has 1 unspecified atom stereocenters. The first-order chi connectivity index (χ1) is 10.0. The van der Waals surface area contributed by atoms with E-state index >= 15 is 0 Å². The average molecular weight is 307 g/mol. The molecule has 0 aliphatic heterocycles. The van der Waals surface area contributed by atoms with Gasteiger partial charge in [0.05, 0.1) is 6.61 Å². The quantitative estimate of drug-likeness (QED) is 0.758. The molecular formula is C17H25NO2S. The Morgan fingerprint density at radius 1 is 1.38 bits per heavy atom. The minimum atomic E-state index is -0.0460. The molecule has 1 heterocycles.